The fourth-order valence-electron chi connectivity index (χ4n) is 2.45. The van der Waals surface area contributed by atoms with Crippen molar-refractivity contribution in [1.82, 2.24) is 4.98 Å². The zero-order valence-electron chi connectivity index (χ0n) is 10.9. The summed E-state index contributed by atoms with van der Waals surface area (Å²) < 4.78 is 0.908. The summed E-state index contributed by atoms with van der Waals surface area (Å²) in [5, 5.41) is 3.63. The first-order valence-corrected chi connectivity index (χ1v) is 7.15. The first-order valence-electron chi connectivity index (χ1n) is 6.36. The van der Waals surface area contributed by atoms with Gasteiger partial charge in [-0.1, -0.05) is 13.8 Å². The SMILES string of the molecule is Cc1nc(Br)ccc1NC1CCC(C)(C)CC1. The van der Waals surface area contributed by atoms with Crippen LogP contribution in [0.25, 0.3) is 0 Å². The lowest BCUT2D eigenvalue weighted by molar-refractivity contribution is 0.232. The van der Waals surface area contributed by atoms with E-state index in [0.717, 1.165) is 10.3 Å². The van der Waals surface area contributed by atoms with Crippen LogP contribution in [0.15, 0.2) is 16.7 Å². The Morgan fingerprint density at radius 2 is 1.94 bits per heavy atom. The van der Waals surface area contributed by atoms with E-state index < -0.39 is 0 Å². The molecule has 0 aromatic carbocycles. The molecule has 0 saturated heterocycles. The summed E-state index contributed by atoms with van der Waals surface area (Å²) in [4.78, 5) is 4.42. The molecule has 0 spiro atoms. The Hall–Kier alpha value is -0.570. The Kier molecular flexibility index (Phi) is 3.76. The number of rotatable bonds is 2. The molecule has 94 valence electrons. The van der Waals surface area contributed by atoms with E-state index in [9.17, 15) is 0 Å². The van der Waals surface area contributed by atoms with E-state index in [1.165, 1.54) is 31.4 Å². The molecule has 1 N–H and O–H groups in total. The molecule has 1 aliphatic rings. The predicted molar refractivity (Wildman–Crippen MR) is 76.3 cm³/mol. The number of hydrogen-bond acceptors (Lipinski definition) is 2. The van der Waals surface area contributed by atoms with Crippen molar-refractivity contribution in [2.24, 2.45) is 5.41 Å². The lowest BCUT2D eigenvalue weighted by Crippen LogP contribution is -2.30. The van der Waals surface area contributed by atoms with Crippen molar-refractivity contribution in [3.63, 3.8) is 0 Å². The Bertz CT molecular complexity index is 391. The molecule has 1 aromatic heterocycles. The van der Waals surface area contributed by atoms with Crippen LogP contribution >= 0.6 is 15.9 Å². The molecule has 1 saturated carbocycles. The number of anilines is 1. The Balaban J connectivity index is 1.98. The van der Waals surface area contributed by atoms with Gasteiger partial charge in [0.2, 0.25) is 0 Å². The molecule has 0 atom stereocenters. The van der Waals surface area contributed by atoms with Crippen LogP contribution in [-0.2, 0) is 0 Å². The summed E-state index contributed by atoms with van der Waals surface area (Å²) in [5.74, 6) is 0. The van der Waals surface area contributed by atoms with Crippen molar-refractivity contribution >= 4 is 21.6 Å². The van der Waals surface area contributed by atoms with E-state index in [4.69, 9.17) is 0 Å². The van der Waals surface area contributed by atoms with Crippen LogP contribution in [0, 0.1) is 12.3 Å². The van der Waals surface area contributed by atoms with E-state index in [2.05, 4.69) is 53.1 Å². The van der Waals surface area contributed by atoms with Gasteiger partial charge in [0.1, 0.15) is 4.60 Å². The standard InChI is InChI=1S/C14H21BrN2/c1-10-12(4-5-13(15)16-10)17-11-6-8-14(2,3)9-7-11/h4-5,11,17H,6-9H2,1-3H3. The van der Waals surface area contributed by atoms with Crippen LogP contribution in [0.1, 0.15) is 45.2 Å². The van der Waals surface area contributed by atoms with E-state index >= 15 is 0 Å². The second kappa shape index (κ2) is 4.97. The van der Waals surface area contributed by atoms with Crippen LogP contribution in [0.4, 0.5) is 5.69 Å². The molecule has 3 heteroatoms. The minimum Gasteiger partial charge on any atom is -0.381 e. The van der Waals surface area contributed by atoms with Gasteiger partial charge in [0, 0.05) is 6.04 Å². The topological polar surface area (TPSA) is 24.9 Å². The van der Waals surface area contributed by atoms with Crippen LogP contribution in [0.3, 0.4) is 0 Å². The van der Waals surface area contributed by atoms with Gasteiger partial charge in [-0.25, -0.2) is 4.98 Å². The summed E-state index contributed by atoms with van der Waals surface area (Å²) in [5.41, 5.74) is 2.78. The van der Waals surface area contributed by atoms with Gasteiger partial charge in [-0.05, 0) is 66.1 Å². The molecule has 1 fully saturated rings. The summed E-state index contributed by atoms with van der Waals surface area (Å²) in [6.07, 6.45) is 5.16. The fourth-order valence-corrected chi connectivity index (χ4v) is 2.84. The predicted octanol–water partition coefficient (Wildman–Crippen LogP) is 4.53. The van der Waals surface area contributed by atoms with Crippen molar-refractivity contribution in [3.8, 4) is 0 Å². The normalized spacial score (nSPS) is 20.2. The average Bonchev–Trinajstić information content (AvgIpc) is 2.25. The monoisotopic (exact) mass is 296 g/mol. The molecule has 2 nitrogen and oxygen atoms in total. The summed E-state index contributed by atoms with van der Waals surface area (Å²) >= 11 is 3.40. The molecule has 0 bridgehead atoms. The van der Waals surface area contributed by atoms with Crippen molar-refractivity contribution < 1.29 is 0 Å². The molecule has 0 unspecified atom stereocenters. The van der Waals surface area contributed by atoms with Crippen LogP contribution in [0.5, 0.6) is 0 Å². The molecule has 0 radical (unpaired) electrons. The number of halogens is 1. The molecule has 1 aliphatic carbocycles. The van der Waals surface area contributed by atoms with Gasteiger partial charge in [-0.2, -0.15) is 0 Å². The lowest BCUT2D eigenvalue weighted by Gasteiger charge is -2.35. The zero-order chi connectivity index (χ0) is 12.5. The highest BCUT2D eigenvalue weighted by molar-refractivity contribution is 9.10. The maximum Gasteiger partial charge on any atom is 0.106 e. The smallest absolute Gasteiger partial charge is 0.106 e. The minimum atomic E-state index is 0.533. The number of nitrogens with zero attached hydrogens (tertiary/aromatic N) is 1. The number of aromatic nitrogens is 1. The van der Waals surface area contributed by atoms with Gasteiger partial charge in [-0.3, -0.25) is 0 Å². The van der Waals surface area contributed by atoms with Gasteiger partial charge in [0.05, 0.1) is 11.4 Å². The van der Waals surface area contributed by atoms with Gasteiger partial charge < -0.3 is 5.32 Å². The van der Waals surface area contributed by atoms with E-state index in [1.54, 1.807) is 0 Å². The number of aryl methyl sites for hydroxylation is 1. The number of hydrogen-bond donors (Lipinski definition) is 1. The minimum absolute atomic E-state index is 0.533. The maximum atomic E-state index is 4.42. The highest BCUT2D eigenvalue weighted by atomic mass is 79.9. The molecule has 0 aliphatic heterocycles. The van der Waals surface area contributed by atoms with Crippen molar-refractivity contribution in [2.45, 2.75) is 52.5 Å². The Morgan fingerprint density at radius 1 is 1.29 bits per heavy atom. The maximum absolute atomic E-state index is 4.42. The van der Waals surface area contributed by atoms with Crippen LogP contribution < -0.4 is 5.32 Å². The van der Waals surface area contributed by atoms with Gasteiger partial charge in [-0.15, -0.1) is 0 Å². The van der Waals surface area contributed by atoms with Crippen LogP contribution in [0.2, 0.25) is 0 Å². The molecule has 0 amide bonds. The quantitative estimate of drug-likeness (QED) is 0.811. The van der Waals surface area contributed by atoms with E-state index in [0.29, 0.717) is 11.5 Å². The molecular weight excluding hydrogens is 276 g/mol. The van der Waals surface area contributed by atoms with Crippen molar-refractivity contribution in [2.75, 3.05) is 5.32 Å². The third-order valence-electron chi connectivity index (χ3n) is 3.75. The molecular formula is C14H21BrN2. The van der Waals surface area contributed by atoms with Gasteiger partial charge >= 0.3 is 0 Å². The van der Waals surface area contributed by atoms with E-state index in [1.807, 2.05) is 6.07 Å². The first-order chi connectivity index (χ1) is 7.96. The summed E-state index contributed by atoms with van der Waals surface area (Å²) in [6, 6.07) is 4.73. The third kappa shape index (κ3) is 3.44. The first kappa shape index (κ1) is 12.9. The second-order valence-corrected chi connectivity index (χ2v) is 6.66. The second-order valence-electron chi connectivity index (χ2n) is 5.85. The Labute approximate surface area is 112 Å². The van der Waals surface area contributed by atoms with Crippen molar-refractivity contribution in [1.29, 1.82) is 0 Å². The summed E-state index contributed by atoms with van der Waals surface area (Å²) in [7, 11) is 0. The van der Waals surface area contributed by atoms with E-state index in [-0.39, 0.29) is 0 Å². The summed E-state index contributed by atoms with van der Waals surface area (Å²) in [6.45, 7) is 6.80. The average molecular weight is 297 g/mol. The number of pyridine rings is 1. The van der Waals surface area contributed by atoms with Crippen molar-refractivity contribution in [3.05, 3.63) is 22.4 Å². The highest BCUT2D eigenvalue weighted by Crippen LogP contribution is 2.36. The lowest BCUT2D eigenvalue weighted by atomic mass is 9.75. The third-order valence-corrected chi connectivity index (χ3v) is 4.19. The highest BCUT2D eigenvalue weighted by Gasteiger charge is 2.26. The fraction of sp³-hybridized carbons (Fsp3) is 0.643. The number of nitrogens with one attached hydrogen (secondary N) is 1. The molecule has 1 heterocycles. The zero-order valence-corrected chi connectivity index (χ0v) is 12.5. The molecule has 1 aromatic rings. The van der Waals surface area contributed by atoms with Crippen LogP contribution in [-0.4, -0.2) is 11.0 Å². The Morgan fingerprint density at radius 3 is 2.53 bits per heavy atom. The van der Waals surface area contributed by atoms with Gasteiger partial charge in [0.15, 0.2) is 0 Å². The molecule has 17 heavy (non-hydrogen) atoms. The largest absolute Gasteiger partial charge is 0.381 e. The van der Waals surface area contributed by atoms with Gasteiger partial charge in [0.25, 0.3) is 0 Å². The molecule has 2 rings (SSSR count).